The van der Waals surface area contributed by atoms with Crippen LogP contribution in [0, 0.1) is 12.7 Å². The average Bonchev–Trinajstić information content (AvgIpc) is 2.65. The second kappa shape index (κ2) is 10.4. The van der Waals surface area contributed by atoms with E-state index < -0.39 is 35.3 Å². The number of ether oxygens (including phenoxy) is 3. The highest BCUT2D eigenvalue weighted by atomic mass is 19.1. The van der Waals surface area contributed by atoms with Crippen LogP contribution in [-0.4, -0.2) is 66.4 Å². The minimum absolute atomic E-state index is 0.0387. The maximum absolute atomic E-state index is 13.6. The zero-order chi connectivity index (χ0) is 25.0. The minimum Gasteiger partial charge on any atom is -0.463 e. The molecule has 1 unspecified atom stereocenters. The van der Waals surface area contributed by atoms with Crippen molar-refractivity contribution in [3.05, 3.63) is 29.6 Å². The standard InChI is InChI=1S/C24H35FN2O6/c1-16-14-17(25)8-9-18(16)27-12-11-26(22(30)33-24(5,6)7)15-19(27)21(29)31-13-10-20(28)32-23(2,3)4/h8-9,14,19H,10-13,15H2,1-7H3. The largest absolute Gasteiger partial charge is 0.463 e. The fourth-order valence-electron chi connectivity index (χ4n) is 3.43. The lowest BCUT2D eigenvalue weighted by atomic mass is 10.1. The molecule has 1 amide bonds. The van der Waals surface area contributed by atoms with Gasteiger partial charge in [0.05, 0.1) is 13.0 Å². The van der Waals surface area contributed by atoms with Crippen LogP contribution < -0.4 is 4.90 Å². The van der Waals surface area contributed by atoms with E-state index in [2.05, 4.69) is 0 Å². The quantitative estimate of drug-likeness (QED) is 0.481. The van der Waals surface area contributed by atoms with Gasteiger partial charge in [0.1, 0.15) is 29.7 Å². The lowest BCUT2D eigenvalue weighted by Gasteiger charge is -2.42. The summed E-state index contributed by atoms with van der Waals surface area (Å²) in [4.78, 5) is 40.8. The van der Waals surface area contributed by atoms with Crippen molar-refractivity contribution in [2.75, 3.05) is 31.1 Å². The number of hydrogen-bond acceptors (Lipinski definition) is 7. The number of amides is 1. The van der Waals surface area contributed by atoms with Gasteiger partial charge < -0.3 is 24.0 Å². The van der Waals surface area contributed by atoms with Crippen molar-refractivity contribution in [1.82, 2.24) is 4.90 Å². The number of halogens is 1. The van der Waals surface area contributed by atoms with E-state index in [0.717, 1.165) is 0 Å². The maximum Gasteiger partial charge on any atom is 0.410 e. The van der Waals surface area contributed by atoms with Crippen LogP contribution in [0.15, 0.2) is 18.2 Å². The smallest absolute Gasteiger partial charge is 0.410 e. The van der Waals surface area contributed by atoms with Crippen LogP contribution in [0.3, 0.4) is 0 Å². The molecule has 1 aliphatic heterocycles. The van der Waals surface area contributed by atoms with Crippen molar-refractivity contribution >= 4 is 23.7 Å². The van der Waals surface area contributed by atoms with Gasteiger partial charge in [0.25, 0.3) is 0 Å². The Morgan fingerprint density at radius 2 is 1.67 bits per heavy atom. The Morgan fingerprint density at radius 3 is 2.24 bits per heavy atom. The molecule has 0 aromatic heterocycles. The zero-order valence-corrected chi connectivity index (χ0v) is 20.6. The molecule has 1 aromatic rings. The first-order valence-electron chi connectivity index (χ1n) is 11.1. The molecule has 9 heteroatoms. The van der Waals surface area contributed by atoms with Crippen molar-refractivity contribution in [2.45, 2.75) is 72.1 Å². The molecule has 0 bridgehead atoms. The van der Waals surface area contributed by atoms with Crippen LogP contribution in [0.25, 0.3) is 0 Å². The molecule has 0 N–H and O–H groups in total. The number of nitrogens with zero attached hydrogens (tertiary/aromatic N) is 2. The zero-order valence-electron chi connectivity index (χ0n) is 20.6. The molecule has 2 rings (SSSR count). The van der Waals surface area contributed by atoms with Crippen molar-refractivity contribution in [1.29, 1.82) is 0 Å². The minimum atomic E-state index is -0.839. The first-order chi connectivity index (χ1) is 15.2. The van der Waals surface area contributed by atoms with Crippen LogP contribution >= 0.6 is 0 Å². The van der Waals surface area contributed by atoms with Crippen molar-refractivity contribution in [2.24, 2.45) is 0 Å². The molecule has 33 heavy (non-hydrogen) atoms. The molecule has 0 spiro atoms. The normalized spacial score (nSPS) is 16.9. The summed E-state index contributed by atoms with van der Waals surface area (Å²) < 4.78 is 29.7. The summed E-state index contributed by atoms with van der Waals surface area (Å²) in [6.45, 7) is 12.9. The van der Waals surface area contributed by atoms with E-state index in [4.69, 9.17) is 14.2 Å². The van der Waals surface area contributed by atoms with Gasteiger partial charge in [0, 0.05) is 18.8 Å². The number of benzene rings is 1. The monoisotopic (exact) mass is 466 g/mol. The number of anilines is 1. The molecule has 1 fully saturated rings. The Morgan fingerprint density at radius 1 is 1.03 bits per heavy atom. The van der Waals surface area contributed by atoms with Crippen molar-refractivity contribution in [3.8, 4) is 0 Å². The number of carbonyl (C=O) groups excluding carboxylic acids is 3. The first-order valence-corrected chi connectivity index (χ1v) is 11.1. The van der Waals surface area contributed by atoms with Crippen molar-refractivity contribution < 1.29 is 33.0 Å². The van der Waals surface area contributed by atoms with Crippen molar-refractivity contribution in [3.63, 3.8) is 0 Å². The van der Waals surface area contributed by atoms with E-state index in [1.807, 2.05) is 0 Å². The lowest BCUT2D eigenvalue weighted by Crippen LogP contribution is -2.59. The Balaban J connectivity index is 2.15. The van der Waals surface area contributed by atoms with Crippen LogP contribution in [0.5, 0.6) is 0 Å². The summed E-state index contributed by atoms with van der Waals surface area (Å²) in [6, 6.07) is 3.48. The third kappa shape index (κ3) is 8.22. The molecular formula is C24H35FN2O6. The van der Waals surface area contributed by atoms with Gasteiger partial charge in [-0.3, -0.25) is 4.79 Å². The van der Waals surface area contributed by atoms with E-state index in [1.165, 1.54) is 17.0 Å². The summed E-state index contributed by atoms with van der Waals surface area (Å²) in [6.07, 6.45) is -0.606. The van der Waals surface area contributed by atoms with Gasteiger partial charge in [-0.05, 0) is 72.2 Å². The second-order valence-electron chi connectivity index (χ2n) is 10.1. The predicted octanol–water partition coefficient (Wildman–Crippen LogP) is 3.83. The SMILES string of the molecule is Cc1cc(F)ccc1N1CCN(C(=O)OC(C)(C)C)CC1C(=O)OCCC(=O)OC(C)(C)C. The summed E-state index contributed by atoms with van der Waals surface area (Å²) in [5, 5.41) is 0. The molecular weight excluding hydrogens is 431 g/mol. The molecule has 0 saturated carbocycles. The van der Waals surface area contributed by atoms with Gasteiger partial charge in [-0.25, -0.2) is 14.0 Å². The third-order valence-corrected chi connectivity index (χ3v) is 4.74. The van der Waals surface area contributed by atoms with E-state index in [-0.39, 0.29) is 25.4 Å². The summed E-state index contributed by atoms with van der Waals surface area (Å²) in [5.74, 6) is -1.43. The van der Waals surface area contributed by atoms with E-state index in [1.54, 1.807) is 59.4 Å². The molecule has 1 aliphatic rings. The van der Waals surface area contributed by atoms with Gasteiger partial charge in [0.2, 0.25) is 0 Å². The van der Waals surface area contributed by atoms with E-state index >= 15 is 0 Å². The molecule has 8 nitrogen and oxygen atoms in total. The Bertz CT molecular complexity index is 875. The molecule has 1 aromatic carbocycles. The molecule has 0 radical (unpaired) electrons. The summed E-state index contributed by atoms with van der Waals surface area (Å²) in [5.41, 5.74) is 0.0297. The summed E-state index contributed by atoms with van der Waals surface area (Å²) >= 11 is 0. The molecule has 1 atom stereocenters. The Labute approximate surface area is 195 Å². The average molecular weight is 467 g/mol. The number of hydrogen-bond donors (Lipinski definition) is 0. The summed E-state index contributed by atoms with van der Waals surface area (Å²) in [7, 11) is 0. The number of piperazine rings is 1. The van der Waals surface area contributed by atoms with E-state index in [9.17, 15) is 18.8 Å². The first kappa shape index (κ1) is 26.4. The molecule has 1 heterocycles. The number of carbonyl (C=O) groups is 3. The molecule has 184 valence electrons. The van der Waals surface area contributed by atoms with E-state index in [0.29, 0.717) is 24.3 Å². The van der Waals surface area contributed by atoms with Crippen LogP contribution in [0.1, 0.15) is 53.5 Å². The number of rotatable bonds is 5. The number of aryl methyl sites for hydroxylation is 1. The Kier molecular flexibility index (Phi) is 8.32. The highest BCUT2D eigenvalue weighted by Crippen LogP contribution is 2.27. The van der Waals surface area contributed by atoms with Crippen LogP contribution in [-0.2, 0) is 23.8 Å². The number of esters is 2. The maximum atomic E-state index is 13.6. The highest BCUT2D eigenvalue weighted by molar-refractivity contribution is 5.83. The lowest BCUT2D eigenvalue weighted by molar-refractivity contribution is -0.157. The van der Waals surface area contributed by atoms with Crippen LogP contribution in [0.4, 0.5) is 14.9 Å². The molecule has 0 aliphatic carbocycles. The molecule has 1 saturated heterocycles. The van der Waals surface area contributed by atoms with Gasteiger partial charge in [0.15, 0.2) is 0 Å². The van der Waals surface area contributed by atoms with Crippen LogP contribution in [0.2, 0.25) is 0 Å². The second-order valence-corrected chi connectivity index (χ2v) is 10.1. The topological polar surface area (TPSA) is 85.4 Å². The Hall–Kier alpha value is -2.84. The van der Waals surface area contributed by atoms with Gasteiger partial charge in [-0.2, -0.15) is 0 Å². The van der Waals surface area contributed by atoms with Gasteiger partial charge in [-0.1, -0.05) is 0 Å². The fraction of sp³-hybridized carbons (Fsp3) is 0.625. The van der Waals surface area contributed by atoms with Gasteiger partial charge in [-0.15, -0.1) is 0 Å². The van der Waals surface area contributed by atoms with Gasteiger partial charge >= 0.3 is 18.0 Å². The highest BCUT2D eigenvalue weighted by Gasteiger charge is 2.37. The third-order valence-electron chi connectivity index (χ3n) is 4.74. The predicted molar refractivity (Wildman–Crippen MR) is 121 cm³/mol. The fourth-order valence-corrected chi connectivity index (χ4v) is 3.43.